The fraction of sp³-hybridized carbons (Fsp3) is 0.500. The van der Waals surface area contributed by atoms with Crippen LogP contribution in [0.5, 0.6) is 0 Å². The van der Waals surface area contributed by atoms with Crippen LogP contribution < -0.4 is 5.32 Å². The molecule has 1 unspecified atom stereocenters. The summed E-state index contributed by atoms with van der Waals surface area (Å²) in [6.45, 7) is 6.53. The van der Waals surface area contributed by atoms with Crippen LogP contribution in [-0.2, 0) is 0 Å². The van der Waals surface area contributed by atoms with Gasteiger partial charge >= 0.3 is 0 Å². The number of aliphatic imine (C=N–C) groups is 1. The van der Waals surface area contributed by atoms with Gasteiger partial charge in [-0.25, -0.2) is 4.99 Å². The maximum absolute atomic E-state index is 5.42. The van der Waals surface area contributed by atoms with E-state index in [1.807, 2.05) is 6.07 Å². The van der Waals surface area contributed by atoms with Gasteiger partial charge in [-0.2, -0.15) is 0 Å². The molecule has 70 valence electrons. The zero-order chi connectivity index (χ0) is 9.47. The highest BCUT2D eigenvalue weighted by Crippen LogP contribution is 2.39. The van der Waals surface area contributed by atoms with E-state index < -0.39 is 0 Å². The van der Waals surface area contributed by atoms with Crippen LogP contribution >= 0.6 is 0 Å². The van der Waals surface area contributed by atoms with Crippen molar-refractivity contribution in [1.82, 2.24) is 5.32 Å². The van der Waals surface area contributed by atoms with E-state index in [1.165, 1.54) is 0 Å². The molecule has 0 saturated heterocycles. The monoisotopic (exact) mass is 178 g/mol. The number of hydrogen-bond donors (Lipinski definition) is 1. The molecule has 0 aliphatic carbocycles. The van der Waals surface area contributed by atoms with Crippen molar-refractivity contribution >= 4 is 12.0 Å². The normalized spacial score (nSPS) is 21.0. The third-order valence-corrected chi connectivity index (χ3v) is 2.25. The molecular formula is C10H14N2O. The summed E-state index contributed by atoms with van der Waals surface area (Å²) in [7, 11) is 0. The van der Waals surface area contributed by atoms with E-state index in [9.17, 15) is 0 Å². The molecule has 13 heavy (non-hydrogen) atoms. The van der Waals surface area contributed by atoms with Crippen LogP contribution in [-0.4, -0.2) is 6.34 Å². The quantitative estimate of drug-likeness (QED) is 0.663. The molecule has 0 bridgehead atoms. The van der Waals surface area contributed by atoms with Gasteiger partial charge in [-0.05, 0) is 5.41 Å². The van der Waals surface area contributed by atoms with Crippen LogP contribution in [0.15, 0.2) is 21.7 Å². The summed E-state index contributed by atoms with van der Waals surface area (Å²) >= 11 is 0. The Balaban J connectivity index is 2.41. The Morgan fingerprint density at radius 3 is 2.92 bits per heavy atom. The molecule has 3 nitrogen and oxygen atoms in total. The Hall–Kier alpha value is -1.25. The lowest BCUT2D eigenvalue weighted by atomic mass is 9.84. The highest BCUT2D eigenvalue weighted by atomic mass is 16.3. The number of nitrogens with zero attached hydrogens (tertiary/aromatic N) is 1. The van der Waals surface area contributed by atoms with Crippen molar-refractivity contribution in [2.24, 2.45) is 10.4 Å². The minimum Gasteiger partial charge on any atom is -0.465 e. The molecule has 0 spiro atoms. The van der Waals surface area contributed by atoms with Crippen molar-refractivity contribution in [2.75, 3.05) is 0 Å². The fourth-order valence-electron chi connectivity index (χ4n) is 1.54. The molecule has 1 aliphatic heterocycles. The molecule has 0 aromatic carbocycles. The molecule has 1 aliphatic rings. The molecular weight excluding hydrogens is 164 g/mol. The predicted octanol–water partition coefficient (Wildman–Crippen LogP) is 2.63. The molecule has 0 radical (unpaired) electrons. The van der Waals surface area contributed by atoms with Gasteiger partial charge in [0.05, 0.1) is 18.6 Å². The third-order valence-electron chi connectivity index (χ3n) is 2.25. The van der Waals surface area contributed by atoms with Gasteiger partial charge in [0.15, 0.2) is 5.76 Å². The van der Waals surface area contributed by atoms with Crippen molar-refractivity contribution < 1.29 is 4.42 Å². The average Bonchev–Trinajstić information content (AvgIpc) is 2.48. The molecule has 1 atom stereocenters. The second-order valence-electron chi connectivity index (χ2n) is 4.39. The zero-order valence-corrected chi connectivity index (χ0v) is 8.16. The zero-order valence-electron chi connectivity index (χ0n) is 8.16. The van der Waals surface area contributed by atoms with E-state index in [0.29, 0.717) is 0 Å². The lowest BCUT2D eigenvalue weighted by molar-refractivity contribution is 0.263. The van der Waals surface area contributed by atoms with Gasteiger partial charge in [0.1, 0.15) is 5.69 Å². The summed E-state index contributed by atoms with van der Waals surface area (Å²) in [4.78, 5) is 4.19. The molecule has 0 amide bonds. The predicted molar refractivity (Wildman–Crippen MR) is 52.2 cm³/mol. The Morgan fingerprint density at radius 1 is 1.46 bits per heavy atom. The van der Waals surface area contributed by atoms with Crippen molar-refractivity contribution in [3.8, 4) is 0 Å². The summed E-state index contributed by atoms with van der Waals surface area (Å²) < 4.78 is 5.42. The molecule has 2 rings (SSSR count). The van der Waals surface area contributed by atoms with E-state index in [2.05, 4.69) is 31.1 Å². The Kier molecular flexibility index (Phi) is 1.68. The van der Waals surface area contributed by atoms with Crippen molar-refractivity contribution in [2.45, 2.75) is 26.8 Å². The number of furan rings is 1. The molecule has 1 aromatic rings. The van der Waals surface area contributed by atoms with Gasteiger partial charge in [0, 0.05) is 6.07 Å². The van der Waals surface area contributed by atoms with Crippen molar-refractivity contribution in [1.29, 1.82) is 0 Å². The van der Waals surface area contributed by atoms with E-state index in [-0.39, 0.29) is 11.5 Å². The standard InChI is InChI=1S/C10H14N2O/c1-10(2,3)9-8-7(4-5-13-8)11-6-12-9/h4-6,9H,1-3H3,(H,11,12). The SMILES string of the molecule is CC(C)(C)C1NC=Nc2ccoc21. The number of hydrogen-bond acceptors (Lipinski definition) is 3. The summed E-state index contributed by atoms with van der Waals surface area (Å²) in [5.74, 6) is 0.940. The van der Waals surface area contributed by atoms with Gasteiger partial charge in [0.25, 0.3) is 0 Å². The van der Waals surface area contributed by atoms with E-state index in [1.54, 1.807) is 12.6 Å². The molecule has 1 aromatic heterocycles. The number of fused-ring (bicyclic) bond motifs is 1. The Bertz CT molecular complexity index is 333. The first-order valence-electron chi connectivity index (χ1n) is 4.45. The molecule has 0 fully saturated rings. The summed E-state index contributed by atoms with van der Waals surface area (Å²) in [6.07, 6.45) is 3.43. The topological polar surface area (TPSA) is 37.5 Å². The first kappa shape index (κ1) is 8.35. The average molecular weight is 178 g/mol. The second-order valence-corrected chi connectivity index (χ2v) is 4.39. The van der Waals surface area contributed by atoms with Crippen LogP contribution in [0.4, 0.5) is 5.69 Å². The van der Waals surface area contributed by atoms with Crippen LogP contribution in [0.2, 0.25) is 0 Å². The molecule has 3 heteroatoms. The third kappa shape index (κ3) is 1.34. The first-order valence-corrected chi connectivity index (χ1v) is 4.45. The van der Waals surface area contributed by atoms with Gasteiger partial charge in [0.2, 0.25) is 0 Å². The summed E-state index contributed by atoms with van der Waals surface area (Å²) in [5, 5.41) is 3.22. The molecule has 1 N–H and O–H groups in total. The molecule has 0 saturated carbocycles. The van der Waals surface area contributed by atoms with Crippen molar-refractivity contribution in [3.63, 3.8) is 0 Å². The highest BCUT2D eigenvalue weighted by Gasteiger charge is 2.31. The minimum absolute atomic E-state index is 0.138. The Morgan fingerprint density at radius 2 is 2.23 bits per heavy atom. The lowest BCUT2D eigenvalue weighted by Crippen LogP contribution is -2.32. The van der Waals surface area contributed by atoms with Gasteiger partial charge in [-0.15, -0.1) is 0 Å². The van der Waals surface area contributed by atoms with Crippen LogP contribution in [0.1, 0.15) is 32.6 Å². The first-order chi connectivity index (χ1) is 6.09. The summed E-state index contributed by atoms with van der Waals surface area (Å²) in [6, 6.07) is 2.11. The van der Waals surface area contributed by atoms with Crippen LogP contribution in [0, 0.1) is 5.41 Å². The van der Waals surface area contributed by atoms with Gasteiger partial charge < -0.3 is 9.73 Å². The maximum atomic E-state index is 5.42. The van der Waals surface area contributed by atoms with E-state index in [4.69, 9.17) is 4.42 Å². The van der Waals surface area contributed by atoms with Gasteiger partial charge in [-0.1, -0.05) is 20.8 Å². The van der Waals surface area contributed by atoms with Crippen LogP contribution in [0.25, 0.3) is 0 Å². The molecule has 2 heterocycles. The number of rotatable bonds is 0. The highest BCUT2D eigenvalue weighted by molar-refractivity contribution is 5.66. The van der Waals surface area contributed by atoms with E-state index >= 15 is 0 Å². The minimum atomic E-state index is 0.138. The lowest BCUT2D eigenvalue weighted by Gasteiger charge is -2.31. The van der Waals surface area contributed by atoms with Gasteiger partial charge in [-0.3, -0.25) is 0 Å². The number of nitrogens with one attached hydrogen (secondary N) is 1. The maximum Gasteiger partial charge on any atom is 0.152 e. The smallest absolute Gasteiger partial charge is 0.152 e. The fourth-order valence-corrected chi connectivity index (χ4v) is 1.54. The second kappa shape index (κ2) is 2.62. The largest absolute Gasteiger partial charge is 0.465 e. The Labute approximate surface area is 77.9 Å². The summed E-state index contributed by atoms with van der Waals surface area (Å²) in [5.41, 5.74) is 1.08. The van der Waals surface area contributed by atoms with Crippen molar-refractivity contribution in [3.05, 3.63) is 18.1 Å². The van der Waals surface area contributed by atoms with E-state index in [0.717, 1.165) is 11.4 Å². The van der Waals surface area contributed by atoms with Crippen LogP contribution in [0.3, 0.4) is 0 Å².